The van der Waals surface area contributed by atoms with Crippen molar-refractivity contribution in [3.8, 4) is 0 Å². The first-order chi connectivity index (χ1) is 32.2. The second kappa shape index (κ2) is 21.7. The van der Waals surface area contributed by atoms with Crippen molar-refractivity contribution in [1.29, 1.82) is 0 Å². The molecule has 67 heavy (non-hydrogen) atoms. The Morgan fingerprint density at radius 2 is 1.16 bits per heavy atom. The third-order valence-corrected chi connectivity index (χ3v) is 12.5. The molecule has 15 N–H and O–H groups in total. The minimum Gasteiger partial charge on any atom is -0.370 e. The van der Waals surface area contributed by atoms with Crippen molar-refractivity contribution >= 4 is 58.3 Å². The summed E-state index contributed by atoms with van der Waals surface area (Å²) in [6.07, 6.45) is 2.59. The molecule has 0 bridgehead atoms. The number of nitrogens with zero attached hydrogens (tertiary/aromatic N) is 4. The second-order valence-electron chi connectivity index (χ2n) is 17.4. The molecule has 1 aromatic heterocycles. The summed E-state index contributed by atoms with van der Waals surface area (Å²) in [5.41, 5.74) is 32.8. The van der Waals surface area contributed by atoms with Crippen LogP contribution in [0.2, 0.25) is 0 Å². The minimum atomic E-state index is -1.28. The van der Waals surface area contributed by atoms with Crippen molar-refractivity contribution < 1.29 is 28.8 Å². The summed E-state index contributed by atoms with van der Waals surface area (Å²) in [5.74, 6) is -4.04. The Morgan fingerprint density at radius 3 is 1.85 bits per heavy atom. The van der Waals surface area contributed by atoms with Crippen LogP contribution in [-0.2, 0) is 54.6 Å². The maximum absolute atomic E-state index is 15.0. The van der Waals surface area contributed by atoms with Gasteiger partial charge >= 0.3 is 0 Å². The van der Waals surface area contributed by atoms with Gasteiger partial charge in [-0.15, -0.1) is 0 Å². The Hall–Kier alpha value is -7.48. The fourth-order valence-corrected chi connectivity index (χ4v) is 9.13. The zero-order valence-electron chi connectivity index (χ0n) is 37.2. The lowest BCUT2D eigenvalue weighted by Gasteiger charge is -2.40. The van der Waals surface area contributed by atoms with E-state index in [0.717, 1.165) is 22.0 Å². The first kappa shape index (κ1) is 47.5. The van der Waals surface area contributed by atoms with Gasteiger partial charge in [-0.3, -0.25) is 38.8 Å². The van der Waals surface area contributed by atoms with Crippen molar-refractivity contribution in [3.05, 3.63) is 107 Å². The highest BCUT2D eigenvalue weighted by molar-refractivity contribution is 5.99. The first-order valence-corrected chi connectivity index (χ1v) is 22.6. The third kappa shape index (κ3) is 11.9. The highest BCUT2D eigenvalue weighted by Crippen LogP contribution is 2.29. The number of para-hydroxylation sites is 1. The maximum Gasteiger partial charge on any atom is 0.246 e. The molecule has 3 aliphatic rings. The number of rotatable bonds is 12. The molecule has 3 aromatic carbocycles. The Balaban J connectivity index is 1.31. The van der Waals surface area contributed by atoms with E-state index in [1.807, 2.05) is 54.6 Å². The van der Waals surface area contributed by atoms with Gasteiger partial charge in [0.2, 0.25) is 35.4 Å². The minimum absolute atomic E-state index is 0.00842. The zero-order chi connectivity index (χ0) is 47.6. The first-order valence-electron chi connectivity index (χ1n) is 22.6. The van der Waals surface area contributed by atoms with Crippen LogP contribution in [0.1, 0.15) is 54.4 Å². The normalized spacial score (nSPS) is 23.9. The molecule has 354 valence electrons. The van der Waals surface area contributed by atoms with E-state index in [9.17, 15) is 24.0 Å². The summed E-state index contributed by atoms with van der Waals surface area (Å²) in [6.45, 7) is 0.309. The molecule has 3 aliphatic heterocycles. The Kier molecular flexibility index (Phi) is 15.4. The molecule has 7 atom stereocenters. The Bertz CT molecular complexity index is 2500. The molecular formula is C47H60N14O6. The van der Waals surface area contributed by atoms with Crippen molar-refractivity contribution in [1.82, 2.24) is 36.1 Å². The summed E-state index contributed by atoms with van der Waals surface area (Å²) in [7, 11) is 0. The van der Waals surface area contributed by atoms with Crippen LogP contribution in [0.25, 0.3) is 10.9 Å². The van der Waals surface area contributed by atoms with Crippen LogP contribution in [0.15, 0.2) is 95.0 Å². The molecule has 7 rings (SSSR count). The quantitative estimate of drug-likeness (QED) is 0.0462. The molecular weight excluding hydrogens is 857 g/mol. The molecule has 4 aromatic rings. The summed E-state index contributed by atoms with van der Waals surface area (Å²) in [6, 6.07) is 16.2. The van der Waals surface area contributed by atoms with Crippen LogP contribution in [-0.4, -0.2) is 124 Å². The molecule has 4 heterocycles. The van der Waals surface area contributed by atoms with Gasteiger partial charge in [-0.05, 0) is 60.4 Å². The average molecular weight is 917 g/mol. The standard InChI is InChI=1S/C47H60N14O6/c48-31-23-39-45(67)60-25-29-13-5-4-12-28(29)22-38(60)43(65)56-34(16-8-18-53-46(49)50)40(62)58-36(20-27-10-2-1-3-11-27)41(63)59-37(21-30-24-55-33-15-7-6-14-32(30)33)42(64)57-35(44(66)61(39)26-31)17-9-19-54-47(51)52/h1-7,10-15,24,31,34-39,55H,8-9,16-23,25-26,48H2,(H,56,65)(H,57,64)(H,58,62)(H,59,63)(H4,49,50,53)(H4,51,52,54)/t31-,34-,35-,36+,37-,38-,39+/m0/s1. The predicted molar refractivity (Wildman–Crippen MR) is 252 cm³/mol. The van der Waals surface area contributed by atoms with Gasteiger partial charge in [-0.1, -0.05) is 72.8 Å². The van der Waals surface area contributed by atoms with Crippen molar-refractivity contribution in [3.63, 3.8) is 0 Å². The Morgan fingerprint density at radius 1 is 0.597 bits per heavy atom. The molecule has 0 aliphatic carbocycles. The zero-order valence-corrected chi connectivity index (χ0v) is 37.2. The second-order valence-corrected chi connectivity index (χ2v) is 17.4. The number of hydrogen-bond donors (Lipinski definition) is 10. The van der Waals surface area contributed by atoms with Gasteiger partial charge in [0.1, 0.15) is 36.3 Å². The fourth-order valence-electron chi connectivity index (χ4n) is 9.13. The van der Waals surface area contributed by atoms with E-state index in [1.54, 1.807) is 30.5 Å². The van der Waals surface area contributed by atoms with Gasteiger partial charge in [0.05, 0.1) is 0 Å². The lowest BCUT2D eigenvalue weighted by molar-refractivity contribution is -0.150. The topological polar surface area (TPSA) is 328 Å². The van der Waals surface area contributed by atoms with E-state index in [0.29, 0.717) is 11.1 Å². The monoisotopic (exact) mass is 916 g/mol. The summed E-state index contributed by atoms with van der Waals surface area (Å²) >= 11 is 0. The van der Waals surface area contributed by atoms with Gasteiger partial charge < -0.3 is 64.7 Å². The lowest BCUT2D eigenvalue weighted by atomic mass is 9.92. The molecule has 2 saturated heterocycles. The number of nitrogens with one attached hydrogen (secondary N) is 5. The number of guanidine groups is 2. The number of fused-ring (bicyclic) bond motifs is 4. The predicted octanol–water partition coefficient (Wildman–Crippen LogP) is -1.11. The van der Waals surface area contributed by atoms with Gasteiger partial charge in [0, 0.05) is 68.6 Å². The van der Waals surface area contributed by atoms with Gasteiger partial charge in [-0.25, -0.2) is 0 Å². The number of aliphatic imine (C=N–C) groups is 2. The van der Waals surface area contributed by atoms with E-state index in [-0.39, 0.29) is 89.5 Å². The van der Waals surface area contributed by atoms with E-state index in [2.05, 4.69) is 36.2 Å². The summed E-state index contributed by atoms with van der Waals surface area (Å²) in [4.78, 5) is 103. The van der Waals surface area contributed by atoms with Gasteiger partial charge in [0.25, 0.3) is 0 Å². The number of H-pyrrole nitrogens is 1. The highest BCUT2D eigenvalue weighted by atomic mass is 16.2. The lowest BCUT2D eigenvalue weighted by Crippen LogP contribution is -2.63. The number of benzene rings is 3. The maximum atomic E-state index is 15.0. The van der Waals surface area contributed by atoms with Crippen LogP contribution >= 0.6 is 0 Å². The molecule has 20 nitrogen and oxygen atoms in total. The summed E-state index contributed by atoms with van der Waals surface area (Å²) in [5, 5.41) is 12.4. The smallest absolute Gasteiger partial charge is 0.246 e. The van der Waals surface area contributed by atoms with Crippen molar-refractivity contribution in [2.75, 3.05) is 19.6 Å². The highest BCUT2D eigenvalue weighted by Gasteiger charge is 2.46. The summed E-state index contributed by atoms with van der Waals surface area (Å²) < 4.78 is 0. The SMILES string of the molecule is NC(N)=NCCC[C@@H]1NC(=O)[C@@H]2Cc3ccccc3CN2C(=O)[C@H]2C[C@H](N)CN2C(=O)[C@H](CCCN=C(N)N)NC(=O)[C@H](Cc2c[nH]c3ccccc23)NC(=O)[C@@H](Cc2ccccc2)NC1=O. The van der Waals surface area contributed by atoms with Gasteiger partial charge in [0.15, 0.2) is 11.9 Å². The third-order valence-electron chi connectivity index (χ3n) is 12.5. The molecule has 0 spiro atoms. The average Bonchev–Trinajstić information content (AvgIpc) is 3.92. The van der Waals surface area contributed by atoms with E-state index < -0.39 is 77.7 Å². The van der Waals surface area contributed by atoms with Gasteiger partial charge in [-0.2, -0.15) is 0 Å². The van der Waals surface area contributed by atoms with Crippen LogP contribution in [0.4, 0.5) is 0 Å². The van der Waals surface area contributed by atoms with Crippen molar-refractivity contribution in [2.45, 2.75) is 100 Å². The van der Waals surface area contributed by atoms with E-state index >= 15 is 4.79 Å². The van der Waals surface area contributed by atoms with Crippen LogP contribution < -0.4 is 49.9 Å². The number of carbonyl (C=O) groups excluding carboxylic acids is 6. The van der Waals surface area contributed by atoms with Crippen LogP contribution in [0, 0.1) is 0 Å². The van der Waals surface area contributed by atoms with E-state index in [4.69, 9.17) is 28.7 Å². The molecule has 0 unspecified atom stereocenters. The number of hydrogen-bond acceptors (Lipinski definition) is 9. The van der Waals surface area contributed by atoms with Crippen LogP contribution in [0.5, 0.6) is 0 Å². The number of aromatic amines is 1. The molecule has 2 fully saturated rings. The number of amides is 6. The molecule has 0 saturated carbocycles. The number of aromatic nitrogens is 1. The molecule has 20 heteroatoms. The van der Waals surface area contributed by atoms with E-state index in [1.165, 1.54) is 9.80 Å². The Labute approximate surface area is 387 Å². The molecule has 0 radical (unpaired) electrons. The number of nitrogens with two attached hydrogens (primary N) is 5. The molecule has 6 amide bonds. The largest absolute Gasteiger partial charge is 0.370 e. The fraction of sp³-hybridized carbons (Fsp3) is 0.404. The van der Waals surface area contributed by atoms with Crippen molar-refractivity contribution in [2.24, 2.45) is 38.7 Å². The number of carbonyl (C=O) groups is 6. The van der Waals surface area contributed by atoms with Crippen LogP contribution in [0.3, 0.4) is 0 Å².